The number of carbonyl (C=O) groups excluding carboxylic acids is 1. The maximum absolute atomic E-state index is 13.5. The van der Waals surface area contributed by atoms with Crippen molar-refractivity contribution in [2.45, 2.75) is 32.2 Å². The van der Waals surface area contributed by atoms with E-state index in [9.17, 15) is 13.6 Å². The van der Waals surface area contributed by atoms with Crippen LogP contribution < -0.4 is 0 Å². The quantitative estimate of drug-likeness (QED) is 0.737. The van der Waals surface area contributed by atoms with Gasteiger partial charge >= 0.3 is 0 Å². The average Bonchev–Trinajstić information content (AvgIpc) is 2.29. The van der Waals surface area contributed by atoms with Gasteiger partial charge in [-0.25, -0.2) is 8.78 Å². The number of piperidine rings is 1. The maximum atomic E-state index is 13.5. The summed E-state index contributed by atoms with van der Waals surface area (Å²) in [6.45, 7) is 2.49. The summed E-state index contributed by atoms with van der Waals surface area (Å²) in [6, 6.07) is 3.55. The monoisotopic (exact) mass is 239 g/mol. The normalized spacial score (nSPS) is 20.4. The Morgan fingerprint density at radius 1 is 1.29 bits per heavy atom. The van der Waals surface area contributed by atoms with E-state index in [4.69, 9.17) is 0 Å². The van der Waals surface area contributed by atoms with Gasteiger partial charge in [-0.2, -0.15) is 0 Å². The second-order valence-corrected chi connectivity index (χ2v) is 4.44. The van der Waals surface area contributed by atoms with Crippen LogP contribution in [0, 0.1) is 11.6 Å². The lowest BCUT2D eigenvalue weighted by Crippen LogP contribution is -2.42. The number of hydrogen-bond acceptors (Lipinski definition) is 1. The predicted molar refractivity (Wildman–Crippen MR) is 60.7 cm³/mol. The molecule has 0 N–H and O–H groups in total. The molecule has 0 spiro atoms. The van der Waals surface area contributed by atoms with Crippen molar-refractivity contribution in [1.29, 1.82) is 0 Å². The molecule has 0 bridgehead atoms. The Balaban J connectivity index is 2.30. The zero-order valence-corrected chi connectivity index (χ0v) is 9.75. The molecule has 92 valence electrons. The fourth-order valence-corrected chi connectivity index (χ4v) is 2.25. The molecule has 0 aliphatic carbocycles. The Morgan fingerprint density at radius 2 is 1.94 bits per heavy atom. The van der Waals surface area contributed by atoms with Gasteiger partial charge in [0.15, 0.2) is 0 Å². The van der Waals surface area contributed by atoms with Crippen molar-refractivity contribution in [3.8, 4) is 0 Å². The highest BCUT2D eigenvalue weighted by molar-refractivity contribution is 5.95. The van der Waals surface area contributed by atoms with Crippen LogP contribution in [0.5, 0.6) is 0 Å². The summed E-state index contributed by atoms with van der Waals surface area (Å²) in [7, 11) is 0. The number of halogens is 2. The molecule has 1 aliphatic rings. The van der Waals surface area contributed by atoms with Gasteiger partial charge in [0, 0.05) is 12.6 Å². The van der Waals surface area contributed by atoms with Crippen molar-refractivity contribution >= 4 is 5.91 Å². The molecule has 0 aromatic heterocycles. The molecule has 17 heavy (non-hydrogen) atoms. The lowest BCUT2D eigenvalue weighted by atomic mass is 10.0. The molecule has 1 aromatic rings. The lowest BCUT2D eigenvalue weighted by molar-refractivity contribution is 0.0625. The zero-order valence-electron chi connectivity index (χ0n) is 9.75. The van der Waals surface area contributed by atoms with Crippen LogP contribution in [0.4, 0.5) is 8.78 Å². The lowest BCUT2D eigenvalue weighted by Gasteiger charge is -2.33. The summed E-state index contributed by atoms with van der Waals surface area (Å²) in [5.74, 6) is -2.10. The van der Waals surface area contributed by atoms with Gasteiger partial charge in [-0.1, -0.05) is 6.07 Å². The number of rotatable bonds is 1. The minimum atomic E-state index is -0.784. The predicted octanol–water partition coefficient (Wildman–Crippen LogP) is 2.98. The van der Waals surface area contributed by atoms with Crippen LogP contribution in [0.3, 0.4) is 0 Å². The number of likely N-dealkylation sites (tertiary alicyclic amines) is 1. The summed E-state index contributed by atoms with van der Waals surface area (Å²) >= 11 is 0. The van der Waals surface area contributed by atoms with Crippen LogP contribution in [0.2, 0.25) is 0 Å². The highest BCUT2D eigenvalue weighted by Gasteiger charge is 2.28. The number of nitrogens with zero attached hydrogens (tertiary/aromatic N) is 1. The van der Waals surface area contributed by atoms with Crippen LogP contribution >= 0.6 is 0 Å². The third kappa shape index (κ3) is 2.30. The molecule has 1 unspecified atom stereocenters. The molecule has 1 aromatic carbocycles. The van der Waals surface area contributed by atoms with Crippen LogP contribution in [0.25, 0.3) is 0 Å². The van der Waals surface area contributed by atoms with Crippen LogP contribution in [-0.4, -0.2) is 23.4 Å². The molecule has 1 aliphatic heterocycles. The van der Waals surface area contributed by atoms with Crippen molar-refractivity contribution in [1.82, 2.24) is 4.90 Å². The van der Waals surface area contributed by atoms with E-state index >= 15 is 0 Å². The molecule has 1 heterocycles. The first-order chi connectivity index (χ1) is 8.11. The van der Waals surface area contributed by atoms with Crippen molar-refractivity contribution < 1.29 is 13.6 Å². The number of amides is 1. The fraction of sp³-hybridized carbons (Fsp3) is 0.462. The van der Waals surface area contributed by atoms with Crippen molar-refractivity contribution in [2.24, 2.45) is 0 Å². The van der Waals surface area contributed by atoms with Crippen molar-refractivity contribution in [2.75, 3.05) is 6.54 Å². The molecule has 2 nitrogen and oxygen atoms in total. The first-order valence-electron chi connectivity index (χ1n) is 5.86. The van der Waals surface area contributed by atoms with E-state index in [1.807, 2.05) is 6.92 Å². The first kappa shape index (κ1) is 12.0. The van der Waals surface area contributed by atoms with Crippen LogP contribution in [-0.2, 0) is 0 Å². The second-order valence-electron chi connectivity index (χ2n) is 4.44. The van der Waals surface area contributed by atoms with Gasteiger partial charge in [0.05, 0.1) is 0 Å². The van der Waals surface area contributed by atoms with Crippen molar-refractivity contribution in [3.05, 3.63) is 35.4 Å². The van der Waals surface area contributed by atoms with Gasteiger partial charge in [-0.3, -0.25) is 4.79 Å². The molecule has 1 fully saturated rings. The van der Waals surface area contributed by atoms with Gasteiger partial charge in [0.25, 0.3) is 5.91 Å². The number of carbonyl (C=O) groups is 1. The van der Waals surface area contributed by atoms with E-state index in [-0.39, 0.29) is 6.04 Å². The number of hydrogen-bond donors (Lipinski definition) is 0. The standard InChI is InChI=1S/C13H15F2NO/c1-9-5-2-3-8-16(9)13(17)12-10(14)6-4-7-11(12)15/h4,6-7,9H,2-3,5,8H2,1H3. The van der Waals surface area contributed by atoms with E-state index < -0.39 is 23.1 Å². The Bertz CT molecular complexity index is 413. The Hall–Kier alpha value is -1.45. The Kier molecular flexibility index (Phi) is 3.41. The average molecular weight is 239 g/mol. The van der Waals surface area contributed by atoms with Crippen LogP contribution in [0.15, 0.2) is 18.2 Å². The van der Waals surface area contributed by atoms with E-state index in [0.29, 0.717) is 6.54 Å². The Morgan fingerprint density at radius 3 is 2.53 bits per heavy atom. The molecular formula is C13H15F2NO. The number of benzene rings is 1. The van der Waals surface area contributed by atoms with E-state index in [0.717, 1.165) is 31.4 Å². The summed E-state index contributed by atoms with van der Waals surface area (Å²) in [5.41, 5.74) is -0.429. The molecule has 1 saturated heterocycles. The van der Waals surface area contributed by atoms with Crippen molar-refractivity contribution in [3.63, 3.8) is 0 Å². The fourth-order valence-electron chi connectivity index (χ4n) is 2.25. The highest BCUT2D eigenvalue weighted by atomic mass is 19.1. The topological polar surface area (TPSA) is 20.3 Å². The molecule has 1 amide bonds. The summed E-state index contributed by atoms with van der Waals surface area (Å²) in [4.78, 5) is 13.7. The molecule has 0 radical (unpaired) electrons. The van der Waals surface area contributed by atoms with Gasteiger partial charge in [0.2, 0.25) is 0 Å². The van der Waals surface area contributed by atoms with Gasteiger partial charge in [0.1, 0.15) is 17.2 Å². The molecule has 0 saturated carbocycles. The van der Waals surface area contributed by atoms with Gasteiger partial charge < -0.3 is 4.90 Å². The molecule has 4 heteroatoms. The van der Waals surface area contributed by atoms with Gasteiger partial charge in [-0.05, 0) is 38.3 Å². The minimum Gasteiger partial charge on any atom is -0.336 e. The first-order valence-corrected chi connectivity index (χ1v) is 5.86. The molecular weight excluding hydrogens is 224 g/mol. The second kappa shape index (κ2) is 4.82. The third-order valence-corrected chi connectivity index (χ3v) is 3.24. The largest absolute Gasteiger partial charge is 0.336 e. The minimum absolute atomic E-state index is 0.0512. The van der Waals surface area contributed by atoms with E-state index in [1.54, 1.807) is 4.90 Å². The van der Waals surface area contributed by atoms with Gasteiger partial charge in [-0.15, -0.1) is 0 Å². The SMILES string of the molecule is CC1CCCCN1C(=O)c1c(F)cccc1F. The zero-order chi connectivity index (χ0) is 12.4. The highest BCUT2D eigenvalue weighted by Crippen LogP contribution is 2.21. The molecule has 2 rings (SSSR count). The summed E-state index contributed by atoms with van der Waals surface area (Å²) in [5, 5.41) is 0. The van der Waals surface area contributed by atoms with E-state index in [1.165, 1.54) is 6.07 Å². The Labute approximate surface area is 99.2 Å². The molecule has 1 atom stereocenters. The summed E-state index contributed by atoms with van der Waals surface area (Å²) < 4.78 is 27.0. The van der Waals surface area contributed by atoms with Crippen LogP contribution in [0.1, 0.15) is 36.5 Å². The smallest absolute Gasteiger partial charge is 0.260 e. The third-order valence-electron chi connectivity index (χ3n) is 3.24. The summed E-state index contributed by atoms with van der Waals surface area (Å²) in [6.07, 6.45) is 2.85. The van der Waals surface area contributed by atoms with E-state index in [2.05, 4.69) is 0 Å². The maximum Gasteiger partial charge on any atom is 0.260 e.